The number of carbonyl (C=O) groups excluding carboxylic acids is 3. The van der Waals surface area contributed by atoms with Gasteiger partial charge in [0.05, 0.1) is 27.4 Å². The number of Topliss-reactive ketones (excluding diaryl/α,β-unsaturated/α-hetero) is 3. The van der Waals surface area contributed by atoms with Gasteiger partial charge in [0.25, 0.3) is 0 Å². The molecule has 4 aromatic rings. The topological polar surface area (TPSA) is 82.1 Å². The number of anilines is 1. The van der Waals surface area contributed by atoms with Crippen LogP contribution < -0.4 is 19.1 Å². The fourth-order valence-corrected chi connectivity index (χ4v) is 7.34. The molecule has 0 N–H and O–H groups in total. The fraction of sp³-hybridized carbons (Fsp3) is 0.194. The average molecular weight is 572 g/mol. The average Bonchev–Trinajstić information content (AvgIpc) is 3.49. The Balaban J connectivity index is 1.56. The molecule has 7 rings (SSSR count). The third-order valence-corrected chi connectivity index (χ3v) is 9.12. The van der Waals surface area contributed by atoms with Gasteiger partial charge in [0.2, 0.25) is 0 Å². The van der Waals surface area contributed by atoms with Gasteiger partial charge in [-0.25, -0.2) is 0 Å². The van der Waals surface area contributed by atoms with Gasteiger partial charge in [-0.2, -0.15) is 0 Å². The minimum Gasteiger partial charge on any atom is -0.497 e. The second-order valence-corrected chi connectivity index (χ2v) is 10.9. The van der Waals surface area contributed by atoms with Crippen molar-refractivity contribution in [2.75, 3.05) is 26.2 Å². The standard InChI is InChI=1S/C36H29NO6/c1-41-23-18-15-22(16-19-23)32(38)31-30(26-12-8-14-28(42-2)33(26)43-3)36(34(39)24-10-5-6-11-25(24)35(36)40)29-20-17-21-9-4-7-13-27(21)37(29)31/h4-20,29-31H,1-3H3/t29-,30+,31+/m1/s1. The SMILES string of the molecule is COc1ccc(C(=O)[C@@H]2[C@H](c3cccc(OC)c3OC)C3(C(=O)c4ccccc4C3=O)[C@H]3C=Cc4ccccc4N23)cc1. The van der Waals surface area contributed by atoms with E-state index in [-0.39, 0.29) is 17.3 Å². The van der Waals surface area contributed by atoms with Gasteiger partial charge < -0.3 is 19.1 Å². The van der Waals surface area contributed by atoms with E-state index in [0.717, 1.165) is 11.3 Å². The predicted molar refractivity (Wildman–Crippen MR) is 163 cm³/mol. The maximum Gasteiger partial charge on any atom is 0.185 e. The van der Waals surface area contributed by atoms with E-state index in [9.17, 15) is 14.4 Å². The van der Waals surface area contributed by atoms with Crippen LogP contribution in [0.25, 0.3) is 6.08 Å². The van der Waals surface area contributed by atoms with Crippen molar-refractivity contribution in [2.45, 2.75) is 18.0 Å². The van der Waals surface area contributed by atoms with Crippen LogP contribution in [0.2, 0.25) is 0 Å². The van der Waals surface area contributed by atoms with E-state index in [0.29, 0.717) is 39.5 Å². The highest BCUT2D eigenvalue weighted by Crippen LogP contribution is 2.62. The Hall–Kier alpha value is -5.17. The van der Waals surface area contributed by atoms with Crippen LogP contribution >= 0.6 is 0 Å². The van der Waals surface area contributed by atoms with E-state index < -0.39 is 23.4 Å². The first-order valence-corrected chi connectivity index (χ1v) is 14.1. The zero-order valence-corrected chi connectivity index (χ0v) is 23.9. The Bertz CT molecular complexity index is 1790. The molecular formula is C36H29NO6. The Morgan fingerprint density at radius 3 is 2.07 bits per heavy atom. The third kappa shape index (κ3) is 3.57. The monoisotopic (exact) mass is 571 g/mol. The molecule has 214 valence electrons. The number of rotatable bonds is 6. The van der Waals surface area contributed by atoms with Crippen LogP contribution in [0.3, 0.4) is 0 Å². The molecule has 0 unspecified atom stereocenters. The number of benzene rings is 4. The van der Waals surface area contributed by atoms with Crippen LogP contribution in [0, 0.1) is 5.41 Å². The molecule has 4 aromatic carbocycles. The number of carbonyl (C=O) groups is 3. The molecule has 0 aromatic heterocycles. The number of fused-ring (bicyclic) bond motifs is 5. The van der Waals surface area contributed by atoms with Crippen LogP contribution in [0.5, 0.6) is 17.2 Å². The molecule has 7 nitrogen and oxygen atoms in total. The van der Waals surface area contributed by atoms with Crippen LogP contribution in [-0.2, 0) is 0 Å². The van der Waals surface area contributed by atoms with Gasteiger partial charge in [-0.15, -0.1) is 0 Å². The molecule has 0 radical (unpaired) electrons. The number of para-hydroxylation sites is 2. The molecule has 1 saturated heterocycles. The van der Waals surface area contributed by atoms with Crippen molar-refractivity contribution in [2.24, 2.45) is 5.41 Å². The van der Waals surface area contributed by atoms with Gasteiger partial charge in [-0.05, 0) is 42.0 Å². The smallest absolute Gasteiger partial charge is 0.185 e. The highest BCUT2D eigenvalue weighted by atomic mass is 16.5. The highest BCUT2D eigenvalue weighted by molar-refractivity contribution is 6.32. The number of nitrogens with zero attached hydrogens (tertiary/aromatic N) is 1. The van der Waals surface area contributed by atoms with Gasteiger partial charge >= 0.3 is 0 Å². The number of hydrogen-bond donors (Lipinski definition) is 0. The van der Waals surface area contributed by atoms with E-state index in [1.807, 2.05) is 47.4 Å². The summed E-state index contributed by atoms with van der Waals surface area (Å²) in [7, 11) is 4.63. The lowest BCUT2D eigenvalue weighted by Gasteiger charge is -2.37. The van der Waals surface area contributed by atoms with Crippen molar-refractivity contribution in [1.82, 2.24) is 0 Å². The largest absolute Gasteiger partial charge is 0.497 e. The zero-order chi connectivity index (χ0) is 29.9. The Morgan fingerprint density at radius 2 is 1.42 bits per heavy atom. The molecule has 0 amide bonds. The summed E-state index contributed by atoms with van der Waals surface area (Å²) in [5.74, 6) is -0.288. The summed E-state index contributed by atoms with van der Waals surface area (Å²) in [4.78, 5) is 46.5. The summed E-state index contributed by atoms with van der Waals surface area (Å²) >= 11 is 0. The van der Waals surface area contributed by atoms with Crippen molar-refractivity contribution in [3.63, 3.8) is 0 Å². The van der Waals surface area contributed by atoms with E-state index in [1.54, 1.807) is 67.8 Å². The molecule has 2 heterocycles. The minimum absolute atomic E-state index is 0.221. The van der Waals surface area contributed by atoms with Gasteiger partial charge in [0, 0.05) is 33.9 Å². The van der Waals surface area contributed by atoms with Crippen LogP contribution in [0.15, 0.2) is 97.1 Å². The first kappa shape index (κ1) is 26.7. The molecule has 1 spiro atoms. The van der Waals surface area contributed by atoms with Crippen LogP contribution in [0.1, 0.15) is 48.1 Å². The summed E-state index contributed by atoms with van der Waals surface area (Å²) in [5, 5.41) is 0. The first-order valence-electron chi connectivity index (χ1n) is 14.1. The van der Waals surface area contributed by atoms with Gasteiger partial charge in [-0.1, -0.05) is 66.7 Å². The summed E-state index contributed by atoms with van der Waals surface area (Å²) in [5.41, 5.74) is 1.77. The van der Waals surface area contributed by atoms with Crippen molar-refractivity contribution >= 4 is 29.1 Å². The molecule has 43 heavy (non-hydrogen) atoms. The van der Waals surface area contributed by atoms with Crippen molar-refractivity contribution in [3.8, 4) is 17.2 Å². The maximum absolute atomic E-state index is 14.9. The van der Waals surface area contributed by atoms with Crippen LogP contribution in [0.4, 0.5) is 5.69 Å². The Labute approximate surface area is 249 Å². The molecule has 3 aliphatic rings. The molecule has 1 aliphatic carbocycles. The highest BCUT2D eigenvalue weighted by Gasteiger charge is 2.72. The molecule has 1 fully saturated rings. The molecule has 2 aliphatic heterocycles. The van der Waals surface area contributed by atoms with Gasteiger partial charge in [0.1, 0.15) is 17.2 Å². The number of ether oxygens (including phenoxy) is 3. The quantitative estimate of drug-likeness (QED) is 0.207. The lowest BCUT2D eigenvalue weighted by Crippen LogP contribution is -2.48. The second kappa shape index (κ2) is 9.98. The maximum atomic E-state index is 14.9. The zero-order valence-electron chi connectivity index (χ0n) is 23.9. The number of ketones is 3. The van der Waals surface area contributed by atoms with Crippen LogP contribution in [-0.4, -0.2) is 50.8 Å². The van der Waals surface area contributed by atoms with E-state index >= 15 is 0 Å². The lowest BCUT2D eigenvalue weighted by molar-refractivity contribution is 0.0664. The summed E-state index contributed by atoms with van der Waals surface area (Å²) < 4.78 is 16.9. The number of methoxy groups -OCH3 is 3. The normalized spacial score (nSPS) is 20.9. The molecular weight excluding hydrogens is 542 g/mol. The second-order valence-electron chi connectivity index (χ2n) is 10.9. The Kier molecular flexibility index (Phi) is 6.20. The molecule has 3 atom stereocenters. The van der Waals surface area contributed by atoms with E-state index in [2.05, 4.69) is 0 Å². The lowest BCUT2D eigenvalue weighted by atomic mass is 9.64. The van der Waals surface area contributed by atoms with Crippen molar-refractivity contribution < 1.29 is 28.6 Å². The fourth-order valence-electron chi connectivity index (χ4n) is 7.34. The summed E-state index contributed by atoms with van der Waals surface area (Å²) in [6.07, 6.45) is 3.85. The molecule has 7 heteroatoms. The third-order valence-electron chi connectivity index (χ3n) is 9.12. The minimum atomic E-state index is -1.64. The van der Waals surface area contributed by atoms with Crippen molar-refractivity contribution in [3.05, 3.63) is 125 Å². The Morgan fingerprint density at radius 1 is 0.744 bits per heavy atom. The summed E-state index contributed by atoms with van der Waals surface area (Å²) in [6, 6.07) is 25.3. The van der Waals surface area contributed by atoms with E-state index in [4.69, 9.17) is 14.2 Å². The first-order chi connectivity index (χ1) is 21.0. The molecule has 0 bridgehead atoms. The van der Waals surface area contributed by atoms with Crippen molar-refractivity contribution in [1.29, 1.82) is 0 Å². The van der Waals surface area contributed by atoms with Gasteiger partial charge in [0.15, 0.2) is 28.8 Å². The predicted octanol–water partition coefficient (Wildman–Crippen LogP) is 6.03. The van der Waals surface area contributed by atoms with Gasteiger partial charge in [-0.3, -0.25) is 14.4 Å². The summed E-state index contributed by atoms with van der Waals surface area (Å²) in [6.45, 7) is 0. The number of hydrogen-bond acceptors (Lipinski definition) is 7. The van der Waals surface area contributed by atoms with E-state index in [1.165, 1.54) is 14.2 Å². The molecule has 0 saturated carbocycles.